The maximum atomic E-state index is 12.4. The van der Waals surface area contributed by atoms with E-state index in [9.17, 15) is 9.59 Å². The third-order valence-corrected chi connectivity index (χ3v) is 3.82. The normalized spacial score (nSPS) is 11.0. The lowest BCUT2D eigenvalue weighted by Gasteiger charge is -2.14. The van der Waals surface area contributed by atoms with Gasteiger partial charge in [-0.15, -0.1) is 0 Å². The Hall–Kier alpha value is -2.40. The van der Waals surface area contributed by atoms with Crippen LogP contribution in [0.5, 0.6) is 0 Å². The molecular formula is C18H21NO4. The summed E-state index contributed by atoms with van der Waals surface area (Å²) in [5.41, 5.74) is 1.90. The van der Waals surface area contributed by atoms with Crippen molar-refractivity contribution >= 4 is 5.97 Å². The van der Waals surface area contributed by atoms with Gasteiger partial charge in [0.25, 0.3) is 5.56 Å². The first kappa shape index (κ1) is 17.0. The highest BCUT2D eigenvalue weighted by Crippen LogP contribution is 2.22. The minimum absolute atomic E-state index is 0.0601. The van der Waals surface area contributed by atoms with Crippen molar-refractivity contribution in [3.63, 3.8) is 0 Å². The quantitative estimate of drug-likeness (QED) is 0.859. The molecule has 5 heteroatoms. The van der Waals surface area contributed by atoms with Crippen LogP contribution in [-0.4, -0.2) is 27.4 Å². The van der Waals surface area contributed by atoms with E-state index in [1.165, 1.54) is 16.2 Å². The fourth-order valence-corrected chi connectivity index (χ4v) is 2.48. The number of aliphatic hydroxyl groups is 1. The van der Waals surface area contributed by atoms with Crippen molar-refractivity contribution in [2.75, 3.05) is 6.61 Å². The predicted molar refractivity (Wildman–Crippen MR) is 88.9 cm³/mol. The van der Waals surface area contributed by atoms with Crippen LogP contribution in [0.25, 0.3) is 11.3 Å². The summed E-state index contributed by atoms with van der Waals surface area (Å²) in [5, 5.41) is 18.1. The molecule has 0 spiro atoms. The van der Waals surface area contributed by atoms with Gasteiger partial charge in [0.1, 0.15) is 5.56 Å². The van der Waals surface area contributed by atoms with Crippen molar-refractivity contribution in [3.8, 4) is 11.3 Å². The maximum Gasteiger partial charge on any atom is 0.341 e. The smallest absolute Gasteiger partial charge is 0.341 e. The number of carboxylic acids is 1. The van der Waals surface area contributed by atoms with Gasteiger partial charge in [-0.05, 0) is 35.6 Å². The van der Waals surface area contributed by atoms with Gasteiger partial charge in [0.05, 0.1) is 5.69 Å². The van der Waals surface area contributed by atoms with Gasteiger partial charge >= 0.3 is 5.97 Å². The summed E-state index contributed by atoms with van der Waals surface area (Å²) in [4.78, 5) is 23.5. The van der Waals surface area contributed by atoms with Crippen molar-refractivity contribution in [2.24, 2.45) is 0 Å². The van der Waals surface area contributed by atoms with Crippen LogP contribution in [0.1, 0.15) is 42.1 Å². The van der Waals surface area contributed by atoms with Crippen LogP contribution < -0.4 is 5.56 Å². The first-order valence-electron chi connectivity index (χ1n) is 7.64. The van der Waals surface area contributed by atoms with Gasteiger partial charge < -0.3 is 14.8 Å². The Labute approximate surface area is 134 Å². The van der Waals surface area contributed by atoms with E-state index in [4.69, 9.17) is 10.2 Å². The number of aliphatic hydroxyl groups excluding tert-OH is 1. The summed E-state index contributed by atoms with van der Waals surface area (Å²) in [6.07, 6.45) is 0.389. The zero-order valence-corrected chi connectivity index (χ0v) is 13.3. The largest absolute Gasteiger partial charge is 0.477 e. The van der Waals surface area contributed by atoms with Crippen molar-refractivity contribution in [1.82, 2.24) is 4.57 Å². The molecule has 1 aromatic heterocycles. The molecule has 0 unspecified atom stereocenters. The van der Waals surface area contributed by atoms with Gasteiger partial charge in [0.2, 0.25) is 0 Å². The van der Waals surface area contributed by atoms with E-state index in [0.717, 1.165) is 5.56 Å². The highest BCUT2D eigenvalue weighted by molar-refractivity contribution is 5.87. The minimum atomic E-state index is -1.24. The van der Waals surface area contributed by atoms with Gasteiger partial charge in [-0.2, -0.15) is 0 Å². The number of rotatable bonds is 6. The summed E-state index contributed by atoms with van der Waals surface area (Å²) in [6, 6.07) is 10.9. The minimum Gasteiger partial charge on any atom is -0.477 e. The Balaban J connectivity index is 2.54. The molecule has 0 aliphatic heterocycles. The predicted octanol–water partition coefficient (Wildman–Crippen LogP) is 2.72. The van der Waals surface area contributed by atoms with Crippen molar-refractivity contribution < 1.29 is 15.0 Å². The summed E-state index contributed by atoms with van der Waals surface area (Å²) in [6.45, 7) is 4.43. The van der Waals surface area contributed by atoms with Crippen LogP contribution in [0.15, 0.2) is 41.2 Å². The lowest BCUT2D eigenvalue weighted by atomic mass is 10.0. The molecule has 0 fully saturated rings. The maximum absolute atomic E-state index is 12.4. The molecule has 0 aliphatic carbocycles. The number of aromatic nitrogens is 1. The number of benzene rings is 1. The highest BCUT2D eigenvalue weighted by Gasteiger charge is 2.15. The van der Waals surface area contributed by atoms with Gasteiger partial charge in [-0.25, -0.2) is 4.79 Å². The number of pyridine rings is 1. The van der Waals surface area contributed by atoms with Crippen molar-refractivity contribution in [3.05, 3.63) is 57.9 Å². The first-order valence-corrected chi connectivity index (χ1v) is 7.64. The molecule has 5 nitrogen and oxygen atoms in total. The number of hydrogen-bond donors (Lipinski definition) is 2. The Morgan fingerprint density at radius 2 is 1.78 bits per heavy atom. The number of aromatic carboxylic acids is 1. The van der Waals surface area contributed by atoms with E-state index in [0.29, 0.717) is 18.0 Å². The second-order valence-electron chi connectivity index (χ2n) is 5.75. The summed E-state index contributed by atoms with van der Waals surface area (Å²) < 4.78 is 1.42. The Bertz CT molecular complexity index is 745. The second-order valence-corrected chi connectivity index (χ2v) is 5.75. The molecule has 0 saturated heterocycles. The zero-order valence-electron chi connectivity index (χ0n) is 13.3. The molecule has 0 aliphatic rings. The number of carbonyl (C=O) groups is 1. The number of nitrogens with zero attached hydrogens (tertiary/aromatic N) is 1. The molecule has 0 bridgehead atoms. The molecule has 0 radical (unpaired) electrons. The molecular weight excluding hydrogens is 294 g/mol. The van der Waals surface area contributed by atoms with E-state index < -0.39 is 11.5 Å². The summed E-state index contributed by atoms with van der Waals surface area (Å²) in [7, 11) is 0. The molecule has 2 aromatic rings. The Morgan fingerprint density at radius 1 is 1.13 bits per heavy atom. The molecule has 2 rings (SSSR count). The first-order chi connectivity index (χ1) is 11.0. The molecule has 0 amide bonds. The van der Waals surface area contributed by atoms with Crippen LogP contribution in [0.4, 0.5) is 0 Å². The Kier molecular flexibility index (Phi) is 5.34. The molecule has 1 heterocycles. The fourth-order valence-electron chi connectivity index (χ4n) is 2.48. The molecule has 122 valence electrons. The standard InChI is InChI=1S/C18H21NO4/c1-12(2)13-4-6-14(7-5-13)16-9-8-15(18(22)23)17(21)19(16)10-3-11-20/h4-9,12,20H,3,10-11H2,1-2H3,(H,22,23). The third kappa shape index (κ3) is 3.68. The Morgan fingerprint density at radius 3 is 2.30 bits per heavy atom. The zero-order chi connectivity index (χ0) is 17.0. The summed E-state index contributed by atoms with van der Waals surface area (Å²) >= 11 is 0. The van der Waals surface area contributed by atoms with Gasteiger partial charge in [-0.3, -0.25) is 4.79 Å². The third-order valence-electron chi connectivity index (χ3n) is 3.82. The highest BCUT2D eigenvalue weighted by atomic mass is 16.4. The summed E-state index contributed by atoms with van der Waals surface area (Å²) in [5.74, 6) is -0.829. The molecule has 0 saturated carbocycles. The molecule has 1 aromatic carbocycles. The van der Waals surface area contributed by atoms with Crippen LogP contribution in [-0.2, 0) is 6.54 Å². The van der Waals surface area contributed by atoms with Crippen LogP contribution in [0.3, 0.4) is 0 Å². The lowest BCUT2D eigenvalue weighted by Crippen LogP contribution is -2.27. The lowest BCUT2D eigenvalue weighted by molar-refractivity contribution is 0.0694. The second kappa shape index (κ2) is 7.24. The van der Waals surface area contributed by atoms with Crippen molar-refractivity contribution in [2.45, 2.75) is 32.7 Å². The number of carboxylic acid groups (broad SMARTS) is 1. The topological polar surface area (TPSA) is 79.5 Å². The van der Waals surface area contributed by atoms with Crippen molar-refractivity contribution in [1.29, 1.82) is 0 Å². The number of hydrogen-bond acceptors (Lipinski definition) is 3. The van der Waals surface area contributed by atoms with Crippen LogP contribution >= 0.6 is 0 Å². The van der Waals surface area contributed by atoms with E-state index in [2.05, 4.69) is 13.8 Å². The average molecular weight is 315 g/mol. The van der Waals surface area contributed by atoms with Gasteiger partial charge in [0.15, 0.2) is 0 Å². The average Bonchev–Trinajstić information content (AvgIpc) is 2.53. The van der Waals surface area contributed by atoms with Gasteiger partial charge in [0, 0.05) is 13.2 Å². The molecule has 0 atom stereocenters. The van der Waals surface area contributed by atoms with E-state index in [1.54, 1.807) is 6.07 Å². The SMILES string of the molecule is CC(C)c1ccc(-c2ccc(C(=O)O)c(=O)n2CCCO)cc1. The van der Waals surface area contributed by atoms with E-state index >= 15 is 0 Å². The monoisotopic (exact) mass is 315 g/mol. The van der Waals surface area contributed by atoms with Gasteiger partial charge in [-0.1, -0.05) is 38.1 Å². The molecule has 23 heavy (non-hydrogen) atoms. The van der Waals surface area contributed by atoms with E-state index in [-0.39, 0.29) is 18.7 Å². The van der Waals surface area contributed by atoms with Crippen LogP contribution in [0.2, 0.25) is 0 Å². The molecule has 2 N–H and O–H groups in total. The van der Waals surface area contributed by atoms with E-state index in [1.807, 2.05) is 24.3 Å². The fraction of sp³-hybridized carbons (Fsp3) is 0.333. The van der Waals surface area contributed by atoms with Crippen LogP contribution in [0, 0.1) is 0 Å².